The second-order valence-corrected chi connectivity index (χ2v) is 7.85. The largest absolute Gasteiger partial charge is 0.339 e. The SMILES string of the molecule is CCN(CC)C(=O)c1cc(S(=O)(=O)Cc2ccccc2)c(Cl)cc1F. The van der Waals surface area contributed by atoms with Crippen LogP contribution >= 0.6 is 11.6 Å². The van der Waals surface area contributed by atoms with E-state index in [4.69, 9.17) is 11.6 Å². The fourth-order valence-electron chi connectivity index (χ4n) is 2.48. The number of amides is 1. The highest BCUT2D eigenvalue weighted by atomic mass is 35.5. The monoisotopic (exact) mass is 383 g/mol. The summed E-state index contributed by atoms with van der Waals surface area (Å²) < 4.78 is 39.6. The van der Waals surface area contributed by atoms with Crippen molar-refractivity contribution in [3.63, 3.8) is 0 Å². The van der Waals surface area contributed by atoms with Gasteiger partial charge in [0, 0.05) is 13.1 Å². The van der Waals surface area contributed by atoms with E-state index >= 15 is 0 Å². The average Bonchev–Trinajstić information content (AvgIpc) is 2.56. The Labute approximate surface area is 152 Å². The Kier molecular flexibility index (Phi) is 6.19. The van der Waals surface area contributed by atoms with Crippen molar-refractivity contribution in [2.45, 2.75) is 24.5 Å². The molecule has 7 heteroatoms. The molecule has 4 nitrogen and oxygen atoms in total. The fourth-order valence-corrected chi connectivity index (χ4v) is 4.43. The highest BCUT2D eigenvalue weighted by Gasteiger charge is 2.25. The van der Waals surface area contributed by atoms with Crippen LogP contribution in [0.15, 0.2) is 47.4 Å². The van der Waals surface area contributed by atoms with Crippen molar-refractivity contribution in [2.24, 2.45) is 0 Å². The standard InChI is InChI=1S/C18H19ClFNO3S/c1-3-21(4-2)18(22)14-10-17(15(19)11-16(14)20)25(23,24)12-13-8-6-5-7-9-13/h5-11H,3-4,12H2,1-2H3. The van der Waals surface area contributed by atoms with Gasteiger partial charge < -0.3 is 4.90 Å². The van der Waals surface area contributed by atoms with Gasteiger partial charge >= 0.3 is 0 Å². The third kappa shape index (κ3) is 4.38. The Bertz CT molecular complexity index is 865. The molecule has 0 bridgehead atoms. The van der Waals surface area contributed by atoms with Gasteiger partial charge in [-0.25, -0.2) is 12.8 Å². The molecule has 0 saturated heterocycles. The number of rotatable bonds is 6. The van der Waals surface area contributed by atoms with Gasteiger partial charge in [-0.3, -0.25) is 4.79 Å². The summed E-state index contributed by atoms with van der Waals surface area (Å²) in [5.74, 6) is -1.67. The van der Waals surface area contributed by atoms with Crippen LogP contribution in [0, 0.1) is 5.82 Å². The van der Waals surface area contributed by atoms with Crippen LogP contribution in [-0.2, 0) is 15.6 Å². The Hall–Kier alpha value is -1.92. The van der Waals surface area contributed by atoms with Crippen LogP contribution in [0.5, 0.6) is 0 Å². The molecule has 0 radical (unpaired) electrons. The molecule has 0 aliphatic heterocycles. The van der Waals surface area contributed by atoms with Gasteiger partial charge in [0.2, 0.25) is 0 Å². The first-order chi connectivity index (χ1) is 11.8. The van der Waals surface area contributed by atoms with Crippen molar-refractivity contribution in [1.82, 2.24) is 4.90 Å². The van der Waals surface area contributed by atoms with Gasteiger partial charge in [0.15, 0.2) is 9.84 Å². The van der Waals surface area contributed by atoms with Crippen molar-refractivity contribution < 1.29 is 17.6 Å². The zero-order chi connectivity index (χ0) is 18.6. The number of carbonyl (C=O) groups excluding carboxylic acids is 1. The molecule has 0 aromatic heterocycles. The maximum absolute atomic E-state index is 14.2. The highest BCUT2D eigenvalue weighted by molar-refractivity contribution is 7.90. The van der Waals surface area contributed by atoms with E-state index in [2.05, 4.69) is 0 Å². The maximum Gasteiger partial charge on any atom is 0.256 e. The van der Waals surface area contributed by atoms with E-state index in [0.717, 1.165) is 12.1 Å². The molecule has 25 heavy (non-hydrogen) atoms. The molecule has 0 heterocycles. The summed E-state index contributed by atoms with van der Waals surface area (Å²) >= 11 is 5.96. The predicted octanol–water partition coefficient (Wildman–Crippen LogP) is 3.94. The molecule has 0 N–H and O–H groups in total. The third-order valence-corrected chi connectivity index (χ3v) is 5.98. The number of halogens is 2. The molecule has 0 aliphatic rings. The lowest BCUT2D eigenvalue weighted by atomic mass is 10.2. The Morgan fingerprint density at radius 1 is 1.12 bits per heavy atom. The average molecular weight is 384 g/mol. The van der Waals surface area contributed by atoms with Crippen LogP contribution in [0.25, 0.3) is 0 Å². The predicted molar refractivity (Wildman–Crippen MR) is 96.0 cm³/mol. The molecular weight excluding hydrogens is 365 g/mol. The van der Waals surface area contributed by atoms with Gasteiger partial charge in [0.1, 0.15) is 5.82 Å². The highest BCUT2D eigenvalue weighted by Crippen LogP contribution is 2.28. The van der Waals surface area contributed by atoms with E-state index in [-0.39, 0.29) is 21.2 Å². The first-order valence-electron chi connectivity index (χ1n) is 7.85. The summed E-state index contributed by atoms with van der Waals surface area (Å²) in [6, 6.07) is 10.5. The molecule has 1 amide bonds. The van der Waals surface area contributed by atoms with Crippen molar-refractivity contribution in [1.29, 1.82) is 0 Å². The van der Waals surface area contributed by atoms with E-state index in [9.17, 15) is 17.6 Å². The van der Waals surface area contributed by atoms with Crippen LogP contribution in [0.4, 0.5) is 4.39 Å². The topological polar surface area (TPSA) is 54.5 Å². The zero-order valence-electron chi connectivity index (χ0n) is 14.0. The summed E-state index contributed by atoms with van der Waals surface area (Å²) in [7, 11) is -3.83. The molecular formula is C18H19ClFNO3S. The number of hydrogen-bond donors (Lipinski definition) is 0. The summed E-state index contributed by atoms with van der Waals surface area (Å²) in [4.78, 5) is 13.6. The smallest absolute Gasteiger partial charge is 0.256 e. The lowest BCUT2D eigenvalue weighted by Gasteiger charge is -2.19. The number of hydrogen-bond acceptors (Lipinski definition) is 3. The normalized spacial score (nSPS) is 11.4. The van der Waals surface area contributed by atoms with Crippen LogP contribution in [0.1, 0.15) is 29.8 Å². The minimum atomic E-state index is -3.83. The van der Waals surface area contributed by atoms with Crippen LogP contribution in [-0.4, -0.2) is 32.3 Å². The van der Waals surface area contributed by atoms with Gasteiger partial charge in [-0.15, -0.1) is 0 Å². The third-order valence-electron chi connectivity index (χ3n) is 3.84. The summed E-state index contributed by atoms with van der Waals surface area (Å²) in [6.07, 6.45) is 0. The van der Waals surface area contributed by atoms with E-state index in [1.54, 1.807) is 44.2 Å². The minimum Gasteiger partial charge on any atom is -0.339 e. The van der Waals surface area contributed by atoms with E-state index in [1.807, 2.05) is 0 Å². The summed E-state index contributed by atoms with van der Waals surface area (Å²) in [6.45, 7) is 4.32. The first kappa shape index (κ1) is 19.4. The molecule has 0 saturated carbocycles. The Morgan fingerprint density at radius 2 is 1.72 bits per heavy atom. The Balaban J connectivity index is 2.48. The van der Waals surface area contributed by atoms with E-state index in [1.165, 1.54) is 4.90 Å². The number of carbonyl (C=O) groups is 1. The van der Waals surface area contributed by atoms with Crippen molar-refractivity contribution in [2.75, 3.05) is 13.1 Å². The van der Waals surface area contributed by atoms with E-state index < -0.39 is 21.6 Å². The van der Waals surface area contributed by atoms with Gasteiger partial charge in [0.05, 0.1) is 21.2 Å². The first-order valence-corrected chi connectivity index (χ1v) is 9.88. The molecule has 2 aromatic carbocycles. The summed E-state index contributed by atoms with van der Waals surface area (Å²) in [5, 5.41) is -0.232. The molecule has 0 atom stereocenters. The van der Waals surface area contributed by atoms with Gasteiger partial charge in [0.25, 0.3) is 5.91 Å². The van der Waals surface area contributed by atoms with Crippen molar-refractivity contribution in [3.8, 4) is 0 Å². The molecule has 0 aliphatic carbocycles. The number of nitrogens with zero attached hydrogens (tertiary/aromatic N) is 1. The number of benzene rings is 2. The lowest BCUT2D eigenvalue weighted by molar-refractivity contribution is 0.0768. The molecule has 134 valence electrons. The molecule has 0 unspecified atom stereocenters. The van der Waals surface area contributed by atoms with Crippen molar-refractivity contribution in [3.05, 3.63) is 64.4 Å². The number of sulfone groups is 1. The second-order valence-electron chi connectivity index (χ2n) is 5.48. The minimum absolute atomic E-state index is 0.232. The summed E-state index contributed by atoms with van der Waals surface area (Å²) in [5.41, 5.74) is 0.291. The Morgan fingerprint density at radius 3 is 2.28 bits per heavy atom. The van der Waals surface area contributed by atoms with Crippen molar-refractivity contribution >= 4 is 27.3 Å². The van der Waals surface area contributed by atoms with Crippen LogP contribution < -0.4 is 0 Å². The maximum atomic E-state index is 14.2. The van der Waals surface area contributed by atoms with Crippen LogP contribution in [0.3, 0.4) is 0 Å². The second kappa shape index (κ2) is 7.97. The van der Waals surface area contributed by atoms with Crippen LogP contribution in [0.2, 0.25) is 5.02 Å². The zero-order valence-corrected chi connectivity index (χ0v) is 15.6. The quantitative estimate of drug-likeness (QED) is 0.710. The molecule has 0 spiro atoms. The fraction of sp³-hybridized carbons (Fsp3) is 0.278. The molecule has 2 rings (SSSR count). The van der Waals surface area contributed by atoms with E-state index in [0.29, 0.717) is 18.7 Å². The molecule has 0 fully saturated rings. The van der Waals surface area contributed by atoms with Gasteiger partial charge in [-0.1, -0.05) is 41.9 Å². The van der Waals surface area contributed by atoms with Gasteiger partial charge in [-0.2, -0.15) is 0 Å². The van der Waals surface area contributed by atoms with Gasteiger partial charge in [-0.05, 0) is 31.5 Å². The molecule has 2 aromatic rings. The lowest BCUT2D eigenvalue weighted by Crippen LogP contribution is -2.31.